The van der Waals surface area contributed by atoms with E-state index in [9.17, 15) is 0 Å². The molecule has 0 amide bonds. The van der Waals surface area contributed by atoms with Gasteiger partial charge in [-0.25, -0.2) is 15.0 Å². The SMILES string of the molecule is c1ccc([C@H](NCc2cnc(-c3ncccn3)s2)C2CCC2)cc1. The molecule has 1 aliphatic rings. The molecule has 1 aliphatic carbocycles. The molecule has 5 heteroatoms. The summed E-state index contributed by atoms with van der Waals surface area (Å²) in [5.74, 6) is 1.45. The Bertz CT molecular complexity index is 768. The molecule has 24 heavy (non-hydrogen) atoms. The fourth-order valence-corrected chi connectivity index (χ4v) is 3.91. The highest BCUT2D eigenvalue weighted by Crippen LogP contribution is 2.38. The van der Waals surface area contributed by atoms with Gasteiger partial charge in [-0.15, -0.1) is 11.3 Å². The molecule has 122 valence electrons. The number of hydrogen-bond acceptors (Lipinski definition) is 5. The number of benzene rings is 1. The lowest BCUT2D eigenvalue weighted by molar-refractivity contribution is 0.230. The second-order valence-electron chi connectivity index (χ2n) is 6.16. The van der Waals surface area contributed by atoms with E-state index in [0.29, 0.717) is 11.9 Å². The number of hydrogen-bond donors (Lipinski definition) is 1. The Hall–Kier alpha value is -2.11. The van der Waals surface area contributed by atoms with E-state index in [2.05, 4.69) is 50.6 Å². The molecule has 0 saturated heterocycles. The maximum atomic E-state index is 4.47. The lowest BCUT2D eigenvalue weighted by Crippen LogP contribution is -2.31. The van der Waals surface area contributed by atoms with Crippen LogP contribution >= 0.6 is 11.3 Å². The Kier molecular flexibility index (Phi) is 4.62. The Morgan fingerprint density at radius 3 is 2.54 bits per heavy atom. The van der Waals surface area contributed by atoms with Crippen LogP contribution in [-0.2, 0) is 6.54 Å². The molecule has 0 bridgehead atoms. The molecule has 1 saturated carbocycles. The fraction of sp³-hybridized carbons (Fsp3) is 0.316. The minimum Gasteiger partial charge on any atom is -0.305 e. The van der Waals surface area contributed by atoms with E-state index in [1.165, 1.54) is 29.7 Å². The molecule has 4 nitrogen and oxygen atoms in total. The van der Waals surface area contributed by atoms with Gasteiger partial charge in [-0.05, 0) is 30.4 Å². The highest BCUT2D eigenvalue weighted by molar-refractivity contribution is 7.14. The summed E-state index contributed by atoms with van der Waals surface area (Å²) in [6.07, 6.45) is 9.43. The van der Waals surface area contributed by atoms with Crippen molar-refractivity contribution in [2.45, 2.75) is 31.8 Å². The molecule has 0 unspecified atom stereocenters. The molecule has 0 radical (unpaired) electrons. The third-order valence-corrected chi connectivity index (χ3v) is 5.58. The molecule has 0 spiro atoms. The summed E-state index contributed by atoms with van der Waals surface area (Å²) < 4.78 is 0. The zero-order valence-electron chi connectivity index (χ0n) is 13.4. The minimum absolute atomic E-state index is 0.429. The van der Waals surface area contributed by atoms with E-state index < -0.39 is 0 Å². The van der Waals surface area contributed by atoms with E-state index in [1.807, 2.05) is 12.3 Å². The number of rotatable bonds is 6. The number of aromatic nitrogens is 3. The first-order chi connectivity index (χ1) is 11.9. The van der Waals surface area contributed by atoms with Gasteiger partial charge in [0.2, 0.25) is 0 Å². The molecular weight excluding hydrogens is 316 g/mol. The van der Waals surface area contributed by atoms with Gasteiger partial charge in [0.15, 0.2) is 10.8 Å². The lowest BCUT2D eigenvalue weighted by Gasteiger charge is -2.34. The summed E-state index contributed by atoms with van der Waals surface area (Å²) in [4.78, 5) is 14.2. The van der Waals surface area contributed by atoms with Gasteiger partial charge in [0.05, 0.1) is 0 Å². The first-order valence-electron chi connectivity index (χ1n) is 8.40. The molecule has 2 heterocycles. The predicted molar refractivity (Wildman–Crippen MR) is 96.5 cm³/mol. The van der Waals surface area contributed by atoms with Crippen LogP contribution < -0.4 is 5.32 Å². The molecule has 1 atom stereocenters. The molecule has 1 fully saturated rings. The van der Waals surface area contributed by atoms with Crippen molar-refractivity contribution in [1.82, 2.24) is 20.3 Å². The van der Waals surface area contributed by atoms with Crippen molar-refractivity contribution in [3.8, 4) is 10.8 Å². The standard InChI is InChI=1S/C19H20N4S/c1-2-6-14(7-3-1)17(15-8-4-9-15)22-12-16-13-23-19(24-16)18-20-10-5-11-21-18/h1-3,5-7,10-11,13,15,17,22H,4,8-9,12H2/t17-/m0/s1. The van der Waals surface area contributed by atoms with E-state index in [4.69, 9.17) is 0 Å². The third kappa shape index (κ3) is 3.37. The van der Waals surface area contributed by atoms with Crippen molar-refractivity contribution < 1.29 is 0 Å². The van der Waals surface area contributed by atoms with Crippen LogP contribution in [0.25, 0.3) is 10.8 Å². The summed E-state index contributed by atoms with van der Waals surface area (Å²) in [6, 6.07) is 13.0. The van der Waals surface area contributed by atoms with Gasteiger partial charge < -0.3 is 5.32 Å². The van der Waals surface area contributed by atoms with Crippen molar-refractivity contribution in [1.29, 1.82) is 0 Å². The van der Waals surface area contributed by atoms with Crippen LogP contribution in [0.3, 0.4) is 0 Å². The molecule has 4 rings (SSSR count). The van der Waals surface area contributed by atoms with Crippen LogP contribution in [0, 0.1) is 5.92 Å². The largest absolute Gasteiger partial charge is 0.305 e. The highest BCUT2D eigenvalue weighted by Gasteiger charge is 2.28. The van der Waals surface area contributed by atoms with Crippen molar-refractivity contribution >= 4 is 11.3 Å². The van der Waals surface area contributed by atoms with Crippen molar-refractivity contribution in [2.75, 3.05) is 0 Å². The van der Waals surface area contributed by atoms with Crippen LogP contribution in [0.2, 0.25) is 0 Å². The first-order valence-corrected chi connectivity index (χ1v) is 9.22. The molecule has 0 aliphatic heterocycles. The van der Waals surface area contributed by atoms with Crippen LogP contribution in [0.15, 0.2) is 55.0 Å². The van der Waals surface area contributed by atoms with Crippen molar-refractivity contribution in [3.63, 3.8) is 0 Å². The van der Waals surface area contributed by atoms with E-state index in [1.54, 1.807) is 23.7 Å². The summed E-state index contributed by atoms with van der Waals surface area (Å²) in [6.45, 7) is 0.834. The minimum atomic E-state index is 0.429. The second kappa shape index (κ2) is 7.20. The predicted octanol–water partition coefficient (Wildman–Crippen LogP) is 4.23. The van der Waals surface area contributed by atoms with E-state index in [0.717, 1.165) is 17.5 Å². The molecule has 2 aromatic heterocycles. The van der Waals surface area contributed by atoms with Gasteiger partial charge in [0, 0.05) is 36.1 Å². The zero-order valence-corrected chi connectivity index (χ0v) is 14.2. The quantitative estimate of drug-likeness (QED) is 0.732. The second-order valence-corrected chi connectivity index (χ2v) is 7.28. The topological polar surface area (TPSA) is 50.7 Å². The Labute approximate surface area is 146 Å². The summed E-state index contributed by atoms with van der Waals surface area (Å²) in [5.41, 5.74) is 1.39. The van der Waals surface area contributed by atoms with Gasteiger partial charge in [-0.1, -0.05) is 36.8 Å². The number of nitrogens with one attached hydrogen (secondary N) is 1. The van der Waals surface area contributed by atoms with Gasteiger partial charge in [-0.2, -0.15) is 0 Å². The molecule has 3 aromatic rings. The van der Waals surface area contributed by atoms with Crippen LogP contribution in [0.5, 0.6) is 0 Å². The van der Waals surface area contributed by atoms with Gasteiger partial charge in [0.25, 0.3) is 0 Å². The van der Waals surface area contributed by atoms with E-state index in [-0.39, 0.29) is 0 Å². The smallest absolute Gasteiger partial charge is 0.188 e. The van der Waals surface area contributed by atoms with Crippen LogP contribution in [0.4, 0.5) is 0 Å². The maximum Gasteiger partial charge on any atom is 0.188 e. The maximum absolute atomic E-state index is 4.47. The van der Waals surface area contributed by atoms with Crippen molar-refractivity contribution in [3.05, 3.63) is 65.4 Å². The molecule has 1 aromatic carbocycles. The lowest BCUT2D eigenvalue weighted by atomic mass is 9.77. The molecular formula is C19H20N4S. The first kappa shape index (κ1) is 15.4. The normalized spacial score (nSPS) is 15.8. The van der Waals surface area contributed by atoms with Crippen LogP contribution in [0.1, 0.15) is 35.7 Å². The summed E-state index contributed by atoms with van der Waals surface area (Å²) in [7, 11) is 0. The fourth-order valence-electron chi connectivity index (χ4n) is 3.10. The van der Waals surface area contributed by atoms with Gasteiger partial charge >= 0.3 is 0 Å². The van der Waals surface area contributed by atoms with E-state index >= 15 is 0 Å². The third-order valence-electron chi connectivity index (χ3n) is 4.59. The monoisotopic (exact) mass is 336 g/mol. The summed E-state index contributed by atoms with van der Waals surface area (Å²) in [5, 5.41) is 4.63. The Morgan fingerprint density at radius 1 is 1.04 bits per heavy atom. The Balaban J connectivity index is 1.46. The van der Waals surface area contributed by atoms with Gasteiger partial charge in [-0.3, -0.25) is 0 Å². The van der Waals surface area contributed by atoms with Gasteiger partial charge in [0.1, 0.15) is 0 Å². The highest BCUT2D eigenvalue weighted by atomic mass is 32.1. The summed E-state index contributed by atoms with van der Waals surface area (Å²) >= 11 is 1.66. The molecule has 1 N–H and O–H groups in total. The van der Waals surface area contributed by atoms with Crippen molar-refractivity contribution in [2.24, 2.45) is 5.92 Å². The Morgan fingerprint density at radius 2 is 1.83 bits per heavy atom. The average molecular weight is 336 g/mol. The number of thiazole rings is 1. The average Bonchev–Trinajstić information content (AvgIpc) is 3.07. The number of nitrogens with zero attached hydrogens (tertiary/aromatic N) is 3. The van der Waals surface area contributed by atoms with Crippen LogP contribution in [-0.4, -0.2) is 15.0 Å². The zero-order chi connectivity index (χ0) is 16.2.